The average molecular weight is 402 g/mol. The maximum absolute atomic E-state index is 12.2. The zero-order valence-corrected chi connectivity index (χ0v) is 17.4. The van der Waals surface area contributed by atoms with E-state index in [1.54, 1.807) is 7.11 Å². The SMILES string of the molecule is COc1ccc(O[C@H]2CCC[C@H]([NH3+])C(=O)O[C@@H](C)[C@@H]2OCC(C)C)cc1.[Cl-]. The molecule has 7 heteroatoms. The van der Waals surface area contributed by atoms with E-state index in [1.807, 2.05) is 31.2 Å². The molecule has 0 aromatic heterocycles. The molecule has 0 unspecified atom stereocenters. The molecule has 1 aliphatic heterocycles. The van der Waals surface area contributed by atoms with Crippen molar-refractivity contribution in [3.8, 4) is 11.5 Å². The molecule has 0 spiro atoms. The fourth-order valence-corrected chi connectivity index (χ4v) is 3.00. The highest BCUT2D eigenvalue weighted by molar-refractivity contribution is 5.74. The van der Waals surface area contributed by atoms with Gasteiger partial charge in [0, 0.05) is 13.0 Å². The lowest BCUT2D eigenvalue weighted by Crippen LogP contribution is -3.00. The largest absolute Gasteiger partial charge is 1.00 e. The molecule has 0 amide bonds. The molecule has 27 heavy (non-hydrogen) atoms. The van der Waals surface area contributed by atoms with Crippen LogP contribution in [0, 0.1) is 5.92 Å². The molecule has 1 fully saturated rings. The minimum Gasteiger partial charge on any atom is -1.00 e. The van der Waals surface area contributed by atoms with E-state index < -0.39 is 6.10 Å². The highest BCUT2D eigenvalue weighted by atomic mass is 35.5. The second-order valence-electron chi connectivity index (χ2n) is 7.29. The van der Waals surface area contributed by atoms with Gasteiger partial charge < -0.3 is 37.1 Å². The van der Waals surface area contributed by atoms with Crippen LogP contribution >= 0.6 is 0 Å². The molecule has 0 saturated carbocycles. The normalized spacial score (nSPS) is 26.2. The van der Waals surface area contributed by atoms with Gasteiger partial charge in [-0.2, -0.15) is 0 Å². The third-order valence-corrected chi connectivity index (χ3v) is 4.47. The predicted molar refractivity (Wildman–Crippen MR) is 98.1 cm³/mol. The van der Waals surface area contributed by atoms with Crippen molar-refractivity contribution >= 4 is 5.97 Å². The number of methoxy groups -OCH3 is 1. The average Bonchev–Trinajstić information content (AvgIpc) is 2.65. The van der Waals surface area contributed by atoms with E-state index in [0.29, 0.717) is 18.9 Å². The van der Waals surface area contributed by atoms with Gasteiger partial charge in [-0.25, -0.2) is 4.79 Å². The van der Waals surface area contributed by atoms with Crippen LogP contribution < -0.4 is 27.6 Å². The Labute approximate surface area is 168 Å². The Morgan fingerprint density at radius 1 is 1.19 bits per heavy atom. The van der Waals surface area contributed by atoms with Crippen LogP contribution in [0.5, 0.6) is 11.5 Å². The first-order valence-corrected chi connectivity index (χ1v) is 9.36. The van der Waals surface area contributed by atoms with Crippen LogP contribution in [-0.2, 0) is 14.3 Å². The Balaban J connectivity index is 0.00000364. The maximum Gasteiger partial charge on any atom is 0.365 e. The van der Waals surface area contributed by atoms with Crippen LogP contribution in [0.1, 0.15) is 40.0 Å². The molecule has 3 N–H and O–H groups in total. The summed E-state index contributed by atoms with van der Waals surface area (Å²) in [6.07, 6.45) is 1.38. The van der Waals surface area contributed by atoms with E-state index in [2.05, 4.69) is 19.6 Å². The van der Waals surface area contributed by atoms with E-state index in [-0.39, 0.29) is 36.6 Å². The van der Waals surface area contributed by atoms with Crippen molar-refractivity contribution in [2.45, 2.75) is 64.4 Å². The molecule has 0 bridgehead atoms. The summed E-state index contributed by atoms with van der Waals surface area (Å²) in [6.45, 7) is 6.64. The van der Waals surface area contributed by atoms with Gasteiger partial charge >= 0.3 is 5.97 Å². The highest BCUT2D eigenvalue weighted by Crippen LogP contribution is 2.25. The maximum atomic E-state index is 12.2. The number of ether oxygens (including phenoxy) is 4. The lowest BCUT2D eigenvalue weighted by atomic mass is 10.0. The summed E-state index contributed by atoms with van der Waals surface area (Å²) in [4.78, 5) is 12.2. The molecule has 0 aliphatic carbocycles. The van der Waals surface area contributed by atoms with Gasteiger partial charge in [-0.1, -0.05) is 13.8 Å². The predicted octanol–water partition coefficient (Wildman–Crippen LogP) is -0.786. The number of rotatable bonds is 6. The third kappa shape index (κ3) is 7.20. The van der Waals surface area contributed by atoms with Crippen molar-refractivity contribution in [3.05, 3.63) is 24.3 Å². The van der Waals surface area contributed by atoms with Gasteiger partial charge in [0.25, 0.3) is 0 Å². The molecule has 0 radical (unpaired) electrons. The van der Waals surface area contributed by atoms with Crippen LogP contribution in [0.15, 0.2) is 24.3 Å². The van der Waals surface area contributed by atoms with Crippen LogP contribution in [0.4, 0.5) is 0 Å². The number of hydrogen-bond donors (Lipinski definition) is 1. The first kappa shape index (κ1) is 23.5. The third-order valence-electron chi connectivity index (χ3n) is 4.47. The first-order valence-electron chi connectivity index (χ1n) is 9.36. The second kappa shape index (κ2) is 11.4. The number of halogens is 1. The summed E-state index contributed by atoms with van der Waals surface area (Å²) < 4.78 is 23.2. The number of esters is 1. The first-order chi connectivity index (χ1) is 12.4. The van der Waals surface area contributed by atoms with E-state index in [1.165, 1.54) is 0 Å². The smallest absolute Gasteiger partial charge is 0.365 e. The lowest BCUT2D eigenvalue weighted by Gasteiger charge is -2.31. The quantitative estimate of drug-likeness (QED) is 0.632. The van der Waals surface area contributed by atoms with Crippen LogP contribution in [0.2, 0.25) is 0 Å². The van der Waals surface area contributed by atoms with Crippen molar-refractivity contribution < 1.29 is 41.9 Å². The number of carbonyl (C=O) groups excluding carboxylic acids is 1. The van der Waals surface area contributed by atoms with E-state index in [0.717, 1.165) is 24.3 Å². The number of benzene rings is 1. The summed E-state index contributed by atoms with van der Waals surface area (Å²) in [7, 11) is 1.63. The molecule has 4 atom stereocenters. The molecule has 1 aromatic carbocycles. The molecule has 154 valence electrons. The van der Waals surface area contributed by atoms with Gasteiger partial charge in [0.05, 0.1) is 7.11 Å². The minimum atomic E-state index is -0.396. The molecule has 6 nitrogen and oxygen atoms in total. The molecular formula is C20H32ClNO5. The van der Waals surface area contributed by atoms with Crippen molar-refractivity contribution in [1.82, 2.24) is 0 Å². The Morgan fingerprint density at radius 3 is 2.41 bits per heavy atom. The molecular weight excluding hydrogens is 370 g/mol. The molecule has 1 saturated heterocycles. The lowest BCUT2D eigenvalue weighted by molar-refractivity contribution is -0.410. The summed E-state index contributed by atoms with van der Waals surface area (Å²) in [6, 6.07) is 7.15. The van der Waals surface area contributed by atoms with E-state index >= 15 is 0 Å². The molecule has 1 heterocycles. The van der Waals surface area contributed by atoms with Crippen molar-refractivity contribution in [1.29, 1.82) is 0 Å². The molecule has 1 aromatic rings. The Kier molecular flexibility index (Phi) is 9.91. The van der Waals surface area contributed by atoms with Gasteiger partial charge in [-0.05, 0) is 49.9 Å². The van der Waals surface area contributed by atoms with Crippen LogP contribution in [-0.4, -0.2) is 44.0 Å². The van der Waals surface area contributed by atoms with Gasteiger partial charge in [0.15, 0.2) is 6.04 Å². The number of cyclic esters (lactones) is 1. The minimum absolute atomic E-state index is 0. The van der Waals surface area contributed by atoms with Crippen molar-refractivity contribution in [3.63, 3.8) is 0 Å². The van der Waals surface area contributed by atoms with Crippen molar-refractivity contribution in [2.75, 3.05) is 13.7 Å². The topological polar surface area (TPSA) is 81.6 Å². The van der Waals surface area contributed by atoms with Gasteiger partial charge in [-0.3, -0.25) is 0 Å². The summed E-state index contributed by atoms with van der Waals surface area (Å²) in [5.41, 5.74) is 3.91. The standard InChI is InChI=1S/C20H31NO5.ClH/c1-13(2)12-24-19-14(3)25-20(22)17(21)6-5-7-18(19)26-16-10-8-15(23-4)9-11-16;/h8-11,13-14,17-19H,5-7,12,21H2,1-4H3;1H/t14-,17-,18-,19-;/m0./s1. The van der Waals surface area contributed by atoms with Gasteiger partial charge in [-0.15, -0.1) is 0 Å². The Hall–Kier alpha value is -1.50. The zero-order valence-electron chi connectivity index (χ0n) is 16.7. The zero-order chi connectivity index (χ0) is 19.1. The second-order valence-corrected chi connectivity index (χ2v) is 7.29. The Bertz CT molecular complexity index is 566. The number of carbonyl (C=O) groups is 1. The van der Waals surface area contributed by atoms with Gasteiger partial charge in [0.2, 0.25) is 0 Å². The number of quaternary nitrogens is 1. The Morgan fingerprint density at radius 2 is 1.81 bits per heavy atom. The summed E-state index contributed by atoms with van der Waals surface area (Å²) >= 11 is 0. The fourth-order valence-electron chi connectivity index (χ4n) is 3.00. The highest BCUT2D eigenvalue weighted by Gasteiger charge is 2.35. The fraction of sp³-hybridized carbons (Fsp3) is 0.650. The molecule has 1 aliphatic rings. The monoisotopic (exact) mass is 401 g/mol. The van der Waals surface area contributed by atoms with E-state index in [9.17, 15) is 4.79 Å². The van der Waals surface area contributed by atoms with Crippen LogP contribution in [0.25, 0.3) is 0 Å². The number of hydrogen-bond acceptors (Lipinski definition) is 5. The van der Waals surface area contributed by atoms with E-state index in [4.69, 9.17) is 18.9 Å². The van der Waals surface area contributed by atoms with Crippen LogP contribution in [0.3, 0.4) is 0 Å². The molecule has 2 rings (SSSR count). The summed E-state index contributed by atoms with van der Waals surface area (Å²) in [5, 5.41) is 0. The van der Waals surface area contributed by atoms with Gasteiger partial charge in [0.1, 0.15) is 29.8 Å². The van der Waals surface area contributed by atoms with Crippen molar-refractivity contribution in [2.24, 2.45) is 5.92 Å². The summed E-state index contributed by atoms with van der Waals surface area (Å²) in [5.74, 6) is 1.65.